The van der Waals surface area contributed by atoms with Gasteiger partial charge in [0.15, 0.2) is 0 Å². The van der Waals surface area contributed by atoms with Crippen LogP contribution in [0, 0.1) is 0 Å². The van der Waals surface area contributed by atoms with Crippen molar-refractivity contribution >= 4 is 6.41 Å². The van der Waals surface area contributed by atoms with Crippen LogP contribution in [0.3, 0.4) is 0 Å². The summed E-state index contributed by atoms with van der Waals surface area (Å²) in [6, 6.07) is 0. The highest BCUT2D eigenvalue weighted by atomic mass is 16.1. The maximum atomic E-state index is 9.65. The SMILES string of the molecule is CCCCCC/C=C/N[C]=O. The van der Waals surface area contributed by atoms with Gasteiger partial charge in [-0.2, -0.15) is 0 Å². The molecule has 0 spiro atoms. The second-order valence-corrected chi connectivity index (χ2v) is 2.50. The molecule has 0 aromatic heterocycles. The molecule has 1 N–H and O–H groups in total. The maximum Gasteiger partial charge on any atom is 0.313 e. The first kappa shape index (κ1) is 10.2. The number of allylic oxidation sites excluding steroid dienone is 1. The number of nitrogens with one attached hydrogen (secondary N) is 1. The molecule has 0 fully saturated rings. The Bertz CT molecular complexity index is 110. The molecule has 0 aromatic rings. The van der Waals surface area contributed by atoms with Crippen molar-refractivity contribution in [1.82, 2.24) is 5.32 Å². The monoisotopic (exact) mass is 154 g/mol. The average Bonchev–Trinajstić information content (AvgIpc) is 2.03. The maximum absolute atomic E-state index is 9.65. The van der Waals surface area contributed by atoms with Crippen molar-refractivity contribution in [3.63, 3.8) is 0 Å². The molecule has 0 saturated heterocycles. The Balaban J connectivity index is 2.94. The van der Waals surface area contributed by atoms with Gasteiger partial charge in [0.05, 0.1) is 0 Å². The third-order valence-electron chi connectivity index (χ3n) is 1.48. The molecule has 0 rings (SSSR count). The van der Waals surface area contributed by atoms with Crippen molar-refractivity contribution in [2.24, 2.45) is 0 Å². The highest BCUT2D eigenvalue weighted by molar-refractivity contribution is 5.48. The predicted molar refractivity (Wildman–Crippen MR) is 46.7 cm³/mol. The first-order valence-corrected chi connectivity index (χ1v) is 4.19. The number of amides is 1. The minimum absolute atomic E-state index is 1.05. The summed E-state index contributed by atoms with van der Waals surface area (Å²) >= 11 is 0. The highest BCUT2D eigenvalue weighted by Crippen LogP contribution is 2.01. The zero-order chi connectivity index (χ0) is 8.36. The topological polar surface area (TPSA) is 29.1 Å². The largest absolute Gasteiger partial charge is 0.325 e. The predicted octanol–water partition coefficient (Wildman–Crippen LogP) is 2.13. The van der Waals surface area contributed by atoms with E-state index in [9.17, 15) is 4.79 Å². The van der Waals surface area contributed by atoms with Gasteiger partial charge < -0.3 is 5.32 Å². The summed E-state index contributed by atoms with van der Waals surface area (Å²) in [5.74, 6) is 0. The molecular weight excluding hydrogens is 138 g/mol. The van der Waals surface area contributed by atoms with Gasteiger partial charge in [-0.25, -0.2) is 0 Å². The fraction of sp³-hybridized carbons (Fsp3) is 0.667. The molecule has 11 heavy (non-hydrogen) atoms. The summed E-state index contributed by atoms with van der Waals surface area (Å²) in [5.41, 5.74) is 0. The zero-order valence-electron chi connectivity index (χ0n) is 7.10. The van der Waals surface area contributed by atoms with Crippen LogP contribution in [0.2, 0.25) is 0 Å². The van der Waals surface area contributed by atoms with Gasteiger partial charge >= 0.3 is 6.41 Å². The minimum atomic E-state index is 1.05. The van der Waals surface area contributed by atoms with Gasteiger partial charge in [-0.1, -0.05) is 32.3 Å². The summed E-state index contributed by atoms with van der Waals surface area (Å²) < 4.78 is 0. The van der Waals surface area contributed by atoms with Crippen LogP contribution in [0.25, 0.3) is 0 Å². The molecule has 0 aliphatic carbocycles. The lowest BCUT2D eigenvalue weighted by Crippen LogP contribution is -1.97. The van der Waals surface area contributed by atoms with Gasteiger partial charge in [-0.15, -0.1) is 0 Å². The molecule has 63 valence electrons. The molecule has 0 aromatic carbocycles. The van der Waals surface area contributed by atoms with Crippen molar-refractivity contribution in [2.45, 2.75) is 39.0 Å². The van der Waals surface area contributed by atoms with Gasteiger partial charge in [-0.05, 0) is 12.8 Å². The van der Waals surface area contributed by atoms with Gasteiger partial charge in [0.2, 0.25) is 0 Å². The van der Waals surface area contributed by atoms with Crippen LogP contribution in [-0.4, -0.2) is 6.41 Å². The summed E-state index contributed by atoms with van der Waals surface area (Å²) in [7, 11) is 0. The van der Waals surface area contributed by atoms with Crippen molar-refractivity contribution in [2.75, 3.05) is 0 Å². The minimum Gasteiger partial charge on any atom is -0.325 e. The standard InChI is InChI=1S/C9H16NO/c1-2-3-4-5-6-7-8-10-9-11/h7-8H,2-6H2,1H3,(H,10,11)/b8-7+. The Morgan fingerprint density at radius 2 is 2.18 bits per heavy atom. The first-order chi connectivity index (χ1) is 5.41. The molecule has 0 aliphatic heterocycles. The molecule has 0 heterocycles. The molecule has 1 radical (unpaired) electrons. The second kappa shape index (κ2) is 9.21. The number of hydrogen-bond acceptors (Lipinski definition) is 1. The Kier molecular flexibility index (Phi) is 8.55. The van der Waals surface area contributed by atoms with E-state index in [1.165, 1.54) is 25.7 Å². The van der Waals surface area contributed by atoms with E-state index in [2.05, 4.69) is 12.2 Å². The van der Waals surface area contributed by atoms with Crippen LogP contribution in [0.15, 0.2) is 12.3 Å². The van der Waals surface area contributed by atoms with Crippen molar-refractivity contribution in [3.05, 3.63) is 12.3 Å². The lowest BCUT2D eigenvalue weighted by molar-refractivity contribution is 0.550. The number of rotatable bonds is 7. The molecule has 2 heteroatoms. The molecule has 2 nitrogen and oxygen atoms in total. The van der Waals surface area contributed by atoms with Crippen LogP contribution >= 0.6 is 0 Å². The van der Waals surface area contributed by atoms with Crippen molar-refractivity contribution < 1.29 is 4.79 Å². The number of carbonyl (C=O) groups excluding carboxylic acids is 1. The van der Waals surface area contributed by atoms with Gasteiger partial charge in [0, 0.05) is 6.20 Å². The molecule has 0 atom stereocenters. The molecule has 0 saturated carbocycles. The van der Waals surface area contributed by atoms with Crippen LogP contribution < -0.4 is 5.32 Å². The summed E-state index contributed by atoms with van der Waals surface area (Å²) in [6.07, 6.45) is 11.3. The molecular formula is C9H16NO. The molecule has 0 bridgehead atoms. The quantitative estimate of drug-likeness (QED) is 0.441. The molecule has 1 amide bonds. The van der Waals surface area contributed by atoms with E-state index in [0.717, 1.165) is 6.42 Å². The van der Waals surface area contributed by atoms with Crippen LogP contribution in [0.4, 0.5) is 0 Å². The number of hydrogen-bond donors (Lipinski definition) is 1. The smallest absolute Gasteiger partial charge is 0.313 e. The number of unbranched alkanes of at least 4 members (excludes halogenated alkanes) is 4. The summed E-state index contributed by atoms with van der Waals surface area (Å²) in [5, 5.41) is 2.35. The van der Waals surface area contributed by atoms with E-state index in [-0.39, 0.29) is 0 Å². The molecule has 0 aliphatic rings. The first-order valence-electron chi connectivity index (χ1n) is 4.19. The summed E-state index contributed by atoms with van der Waals surface area (Å²) in [6.45, 7) is 2.19. The van der Waals surface area contributed by atoms with E-state index in [1.54, 1.807) is 12.6 Å². The Labute approximate surface area is 68.7 Å². The Morgan fingerprint density at radius 1 is 1.36 bits per heavy atom. The van der Waals surface area contributed by atoms with E-state index < -0.39 is 0 Å². The van der Waals surface area contributed by atoms with Crippen LogP contribution in [-0.2, 0) is 4.79 Å². The summed E-state index contributed by atoms with van der Waals surface area (Å²) in [4.78, 5) is 9.65. The average molecular weight is 154 g/mol. The lowest BCUT2D eigenvalue weighted by atomic mass is 10.1. The highest BCUT2D eigenvalue weighted by Gasteiger charge is 1.83. The van der Waals surface area contributed by atoms with Gasteiger partial charge in [0.1, 0.15) is 0 Å². The van der Waals surface area contributed by atoms with E-state index in [0.29, 0.717) is 0 Å². The van der Waals surface area contributed by atoms with Crippen molar-refractivity contribution in [3.8, 4) is 0 Å². The Hall–Kier alpha value is -0.790. The van der Waals surface area contributed by atoms with E-state index in [1.807, 2.05) is 6.08 Å². The second-order valence-electron chi connectivity index (χ2n) is 2.50. The van der Waals surface area contributed by atoms with E-state index >= 15 is 0 Å². The fourth-order valence-corrected chi connectivity index (χ4v) is 0.865. The van der Waals surface area contributed by atoms with Crippen LogP contribution in [0.1, 0.15) is 39.0 Å². The third kappa shape index (κ3) is 9.21. The normalized spacial score (nSPS) is 10.3. The third-order valence-corrected chi connectivity index (χ3v) is 1.48. The lowest BCUT2D eigenvalue weighted by Gasteiger charge is -1.93. The van der Waals surface area contributed by atoms with Gasteiger partial charge in [-0.3, -0.25) is 4.79 Å². The fourth-order valence-electron chi connectivity index (χ4n) is 0.865. The van der Waals surface area contributed by atoms with Gasteiger partial charge in [0.25, 0.3) is 0 Å². The molecule has 0 unspecified atom stereocenters. The van der Waals surface area contributed by atoms with E-state index in [4.69, 9.17) is 0 Å². The van der Waals surface area contributed by atoms with Crippen LogP contribution in [0.5, 0.6) is 0 Å². The zero-order valence-corrected chi connectivity index (χ0v) is 7.10. The Morgan fingerprint density at radius 3 is 2.82 bits per heavy atom. The van der Waals surface area contributed by atoms with Crippen molar-refractivity contribution in [1.29, 1.82) is 0 Å².